The Morgan fingerprint density at radius 1 is 1.15 bits per heavy atom. The minimum atomic E-state index is 0.121. The summed E-state index contributed by atoms with van der Waals surface area (Å²) in [5, 5.41) is 3.65. The number of carbonyl (C=O) groups is 1. The molecule has 1 saturated carbocycles. The van der Waals surface area contributed by atoms with Crippen molar-refractivity contribution in [1.29, 1.82) is 0 Å². The van der Waals surface area contributed by atoms with Crippen LogP contribution < -0.4 is 4.90 Å². The van der Waals surface area contributed by atoms with Crippen LogP contribution in [-0.2, 0) is 6.42 Å². The van der Waals surface area contributed by atoms with Crippen LogP contribution in [-0.4, -0.2) is 56.1 Å². The van der Waals surface area contributed by atoms with E-state index in [2.05, 4.69) is 50.7 Å². The summed E-state index contributed by atoms with van der Waals surface area (Å²) in [5.74, 6) is 3.00. The van der Waals surface area contributed by atoms with Crippen LogP contribution in [0.2, 0.25) is 0 Å². The predicted octanol–water partition coefficient (Wildman–Crippen LogP) is 4.84. The predicted molar refractivity (Wildman–Crippen MR) is 129 cm³/mol. The second-order valence-electron chi connectivity index (χ2n) is 9.37. The van der Waals surface area contributed by atoms with E-state index in [9.17, 15) is 4.79 Å². The molecule has 8 nitrogen and oxygen atoms in total. The molecule has 2 aromatic rings. The number of aromatic nitrogens is 4. The average Bonchev–Trinajstić information content (AvgIpc) is 3.40. The third-order valence-corrected chi connectivity index (χ3v) is 6.29. The molecule has 1 amide bonds. The lowest BCUT2D eigenvalue weighted by atomic mass is 10.0. The molecule has 0 spiro atoms. The van der Waals surface area contributed by atoms with E-state index in [-0.39, 0.29) is 5.91 Å². The molecule has 1 aliphatic carbocycles. The first-order chi connectivity index (χ1) is 16.0. The van der Waals surface area contributed by atoms with Gasteiger partial charge in [0.25, 0.3) is 5.91 Å². The van der Waals surface area contributed by atoms with Crippen molar-refractivity contribution < 1.29 is 9.32 Å². The quantitative estimate of drug-likeness (QED) is 0.533. The number of rotatable bonds is 9. The van der Waals surface area contributed by atoms with Crippen molar-refractivity contribution in [3.8, 4) is 0 Å². The molecule has 2 aliphatic rings. The van der Waals surface area contributed by atoms with Gasteiger partial charge >= 0.3 is 0 Å². The Hall–Kier alpha value is -2.51. The SMILES string of the molecule is CCCC(CCC)N(C(=O)c1cnc(N2CC[C@@H](C)C2)nc1)C1CC1.CCc1noc(C)n1. The zero-order valence-electron chi connectivity index (χ0n) is 21.0. The summed E-state index contributed by atoms with van der Waals surface area (Å²) >= 11 is 0. The monoisotopic (exact) mass is 456 g/mol. The highest BCUT2D eigenvalue weighted by Gasteiger charge is 2.37. The van der Waals surface area contributed by atoms with E-state index in [4.69, 9.17) is 4.52 Å². The Balaban J connectivity index is 0.000000323. The van der Waals surface area contributed by atoms with E-state index < -0.39 is 0 Å². The van der Waals surface area contributed by atoms with Gasteiger partial charge in [0.15, 0.2) is 5.82 Å². The van der Waals surface area contributed by atoms with Crippen molar-refractivity contribution >= 4 is 11.9 Å². The molecule has 1 atom stereocenters. The summed E-state index contributed by atoms with van der Waals surface area (Å²) in [6.07, 6.45) is 12.2. The number of nitrogens with zero attached hydrogens (tertiary/aromatic N) is 6. The number of carbonyl (C=O) groups excluding carboxylic acids is 1. The lowest BCUT2D eigenvalue weighted by molar-refractivity contribution is 0.0636. The Labute approximate surface area is 198 Å². The van der Waals surface area contributed by atoms with Crippen molar-refractivity contribution in [2.45, 2.75) is 98.1 Å². The summed E-state index contributed by atoms with van der Waals surface area (Å²) < 4.78 is 4.69. The Morgan fingerprint density at radius 2 is 1.82 bits per heavy atom. The van der Waals surface area contributed by atoms with Gasteiger partial charge in [-0.1, -0.05) is 45.7 Å². The van der Waals surface area contributed by atoms with Gasteiger partial charge in [-0.2, -0.15) is 4.98 Å². The fourth-order valence-electron chi connectivity index (χ4n) is 4.42. The van der Waals surface area contributed by atoms with Crippen LogP contribution in [0, 0.1) is 12.8 Å². The summed E-state index contributed by atoms with van der Waals surface area (Å²) in [5.41, 5.74) is 0.639. The van der Waals surface area contributed by atoms with Crippen LogP contribution in [0.4, 0.5) is 5.95 Å². The molecule has 4 rings (SSSR count). The summed E-state index contributed by atoms with van der Waals surface area (Å²) in [6.45, 7) is 12.5. The van der Waals surface area contributed by atoms with Crippen LogP contribution in [0.1, 0.15) is 94.7 Å². The molecule has 33 heavy (non-hydrogen) atoms. The standard InChI is InChI=1S/C20H32N4O.C5H8N2O/c1-4-6-17(7-5-2)24(18-8-9-18)19(25)16-12-21-20(22-13-16)23-11-10-15(3)14-23;1-3-5-6-4(2)8-7-5/h12-13,15,17-18H,4-11,14H2,1-3H3;3H2,1-2H3/t15-;/m1./s1. The fraction of sp³-hybridized carbons (Fsp3) is 0.720. The molecular formula is C25H40N6O2. The van der Waals surface area contributed by atoms with Crippen LogP contribution in [0.15, 0.2) is 16.9 Å². The van der Waals surface area contributed by atoms with Gasteiger partial charge in [0, 0.05) is 50.9 Å². The second kappa shape index (κ2) is 12.1. The van der Waals surface area contributed by atoms with E-state index in [0.717, 1.165) is 69.8 Å². The molecule has 2 fully saturated rings. The van der Waals surface area contributed by atoms with Crippen molar-refractivity contribution in [2.75, 3.05) is 18.0 Å². The van der Waals surface area contributed by atoms with Crippen molar-refractivity contribution in [3.63, 3.8) is 0 Å². The molecule has 182 valence electrons. The highest BCUT2D eigenvalue weighted by atomic mass is 16.5. The van der Waals surface area contributed by atoms with Crippen molar-refractivity contribution in [2.24, 2.45) is 5.92 Å². The molecule has 0 unspecified atom stereocenters. The molecule has 8 heteroatoms. The van der Waals surface area contributed by atoms with Crippen molar-refractivity contribution in [3.05, 3.63) is 29.7 Å². The van der Waals surface area contributed by atoms with Gasteiger partial charge in [-0.05, 0) is 38.0 Å². The Kier molecular flexibility index (Phi) is 9.21. The van der Waals surface area contributed by atoms with Gasteiger partial charge in [0.2, 0.25) is 11.8 Å². The van der Waals surface area contributed by atoms with Crippen LogP contribution in [0.5, 0.6) is 0 Å². The number of anilines is 1. The molecule has 2 aromatic heterocycles. The van der Waals surface area contributed by atoms with Gasteiger partial charge in [-0.15, -0.1) is 0 Å². The van der Waals surface area contributed by atoms with E-state index in [1.807, 2.05) is 6.92 Å². The van der Waals surface area contributed by atoms with E-state index in [1.165, 1.54) is 6.42 Å². The van der Waals surface area contributed by atoms with Gasteiger partial charge < -0.3 is 14.3 Å². The molecule has 0 N–H and O–H groups in total. The van der Waals surface area contributed by atoms with Gasteiger partial charge in [-0.3, -0.25) is 4.79 Å². The molecular weight excluding hydrogens is 416 g/mol. The third-order valence-electron chi connectivity index (χ3n) is 6.29. The van der Waals surface area contributed by atoms with Gasteiger partial charge in [0.1, 0.15) is 0 Å². The first-order valence-corrected chi connectivity index (χ1v) is 12.7. The first kappa shape index (κ1) is 25.1. The lowest BCUT2D eigenvalue weighted by Gasteiger charge is -2.32. The molecule has 1 aliphatic heterocycles. The molecule has 3 heterocycles. The van der Waals surface area contributed by atoms with E-state index in [0.29, 0.717) is 29.5 Å². The van der Waals surface area contributed by atoms with Crippen LogP contribution in [0.3, 0.4) is 0 Å². The highest BCUT2D eigenvalue weighted by molar-refractivity contribution is 5.94. The largest absolute Gasteiger partial charge is 0.341 e. The number of amides is 1. The number of hydrogen-bond acceptors (Lipinski definition) is 7. The normalized spacial score (nSPS) is 17.8. The molecule has 0 radical (unpaired) electrons. The van der Waals surface area contributed by atoms with Crippen LogP contribution in [0.25, 0.3) is 0 Å². The van der Waals surface area contributed by atoms with E-state index in [1.54, 1.807) is 19.3 Å². The minimum absolute atomic E-state index is 0.121. The second-order valence-corrected chi connectivity index (χ2v) is 9.37. The lowest BCUT2D eigenvalue weighted by Crippen LogP contribution is -2.42. The van der Waals surface area contributed by atoms with Gasteiger partial charge in [0.05, 0.1) is 5.56 Å². The molecule has 0 aromatic carbocycles. The molecule has 1 saturated heterocycles. The maximum absolute atomic E-state index is 13.1. The topological polar surface area (TPSA) is 88.3 Å². The maximum atomic E-state index is 13.1. The smallest absolute Gasteiger partial charge is 0.257 e. The van der Waals surface area contributed by atoms with E-state index >= 15 is 0 Å². The van der Waals surface area contributed by atoms with Crippen molar-refractivity contribution in [1.82, 2.24) is 25.0 Å². The maximum Gasteiger partial charge on any atom is 0.257 e. The third kappa shape index (κ3) is 6.98. The minimum Gasteiger partial charge on any atom is -0.341 e. The Bertz CT molecular complexity index is 858. The highest BCUT2D eigenvalue weighted by Crippen LogP contribution is 2.33. The summed E-state index contributed by atoms with van der Waals surface area (Å²) in [4.78, 5) is 30.4. The summed E-state index contributed by atoms with van der Waals surface area (Å²) in [7, 11) is 0. The Morgan fingerprint density at radius 3 is 2.24 bits per heavy atom. The van der Waals surface area contributed by atoms with Gasteiger partial charge in [-0.25, -0.2) is 9.97 Å². The number of hydrogen-bond donors (Lipinski definition) is 0. The first-order valence-electron chi connectivity index (χ1n) is 12.7. The zero-order valence-corrected chi connectivity index (χ0v) is 21.0. The average molecular weight is 457 g/mol. The molecule has 0 bridgehead atoms. The zero-order chi connectivity index (χ0) is 23.8. The fourth-order valence-corrected chi connectivity index (χ4v) is 4.42. The summed E-state index contributed by atoms with van der Waals surface area (Å²) in [6, 6.07) is 0.781. The number of aryl methyl sites for hydroxylation is 2. The van der Waals surface area contributed by atoms with Crippen LogP contribution >= 0.6 is 0 Å².